The lowest BCUT2D eigenvalue weighted by atomic mass is 10.0. The standard InChI is InChI=1S/C19H17NO3/c1-3-20-17-7-5-4-6-15(17)16(18(20)21)12-13-8-10-14(11-9-13)19(22)23-2/h4-12H,3H2,1-2H3/b16-12-. The minimum Gasteiger partial charge on any atom is -0.465 e. The third-order valence-corrected chi connectivity index (χ3v) is 3.92. The number of amides is 1. The van der Waals surface area contributed by atoms with Crippen molar-refractivity contribution in [3.05, 3.63) is 65.2 Å². The van der Waals surface area contributed by atoms with Crippen molar-refractivity contribution in [2.24, 2.45) is 0 Å². The third kappa shape index (κ3) is 2.63. The number of rotatable bonds is 3. The fourth-order valence-electron chi connectivity index (χ4n) is 2.76. The van der Waals surface area contributed by atoms with Crippen LogP contribution in [0.1, 0.15) is 28.4 Å². The summed E-state index contributed by atoms with van der Waals surface area (Å²) in [7, 11) is 1.35. The second kappa shape index (κ2) is 6.08. The van der Waals surface area contributed by atoms with Crippen LogP contribution < -0.4 is 4.90 Å². The van der Waals surface area contributed by atoms with Crippen molar-refractivity contribution in [3.63, 3.8) is 0 Å². The van der Waals surface area contributed by atoms with E-state index in [4.69, 9.17) is 0 Å². The van der Waals surface area contributed by atoms with Gasteiger partial charge in [-0.25, -0.2) is 4.79 Å². The van der Waals surface area contributed by atoms with E-state index < -0.39 is 0 Å². The zero-order valence-corrected chi connectivity index (χ0v) is 13.1. The number of carbonyl (C=O) groups excluding carboxylic acids is 2. The first-order valence-corrected chi connectivity index (χ1v) is 7.47. The van der Waals surface area contributed by atoms with Gasteiger partial charge in [-0.1, -0.05) is 30.3 Å². The Bertz CT molecular complexity index is 791. The second-order valence-electron chi connectivity index (χ2n) is 5.24. The molecule has 0 N–H and O–H groups in total. The molecule has 0 saturated heterocycles. The van der Waals surface area contributed by atoms with Gasteiger partial charge in [-0.05, 0) is 36.8 Å². The number of anilines is 1. The Morgan fingerprint density at radius 1 is 1.13 bits per heavy atom. The maximum Gasteiger partial charge on any atom is 0.337 e. The van der Waals surface area contributed by atoms with Crippen LogP contribution in [0.2, 0.25) is 0 Å². The van der Waals surface area contributed by atoms with Crippen LogP contribution in [0.5, 0.6) is 0 Å². The third-order valence-electron chi connectivity index (χ3n) is 3.92. The molecule has 116 valence electrons. The van der Waals surface area contributed by atoms with Crippen molar-refractivity contribution >= 4 is 29.2 Å². The van der Waals surface area contributed by atoms with E-state index in [-0.39, 0.29) is 11.9 Å². The number of benzene rings is 2. The summed E-state index contributed by atoms with van der Waals surface area (Å²) in [4.78, 5) is 25.8. The molecule has 1 aliphatic rings. The number of esters is 1. The normalized spacial score (nSPS) is 15.0. The first kappa shape index (κ1) is 15.0. The average molecular weight is 307 g/mol. The Balaban J connectivity index is 1.99. The van der Waals surface area contributed by atoms with Gasteiger partial charge in [-0.3, -0.25) is 4.79 Å². The van der Waals surface area contributed by atoms with Crippen LogP contribution in [0.3, 0.4) is 0 Å². The quantitative estimate of drug-likeness (QED) is 0.645. The van der Waals surface area contributed by atoms with Gasteiger partial charge >= 0.3 is 5.97 Å². The molecule has 1 heterocycles. The molecule has 2 aromatic carbocycles. The number of hydrogen-bond acceptors (Lipinski definition) is 3. The van der Waals surface area contributed by atoms with Gasteiger partial charge < -0.3 is 9.64 Å². The highest BCUT2D eigenvalue weighted by molar-refractivity contribution is 6.35. The molecule has 2 aromatic rings. The molecule has 23 heavy (non-hydrogen) atoms. The van der Waals surface area contributed by atoms with Crippen LogP contribution in [-0.2, 0) is 9.53 Å². The summed E-state index contributed by atoms with van der Waals surface area (Å²) < 4.78 is 4.69. The van der Waals surface area contributed by atoms with E-state index in [0.29, 0.717) is 17.7 Å². The highest BCUT2D eigenvalue weighted by Gasteiger charge is 2.30. The van der Waals surface area contributed by atoms with Gasteiger partial charge in [0.2, 0.25) is 0 Å². The van der Waals surface area contributed by atoms with E-state index in [1.54, 1.807) is 17.0 Å². The summed E-state index contributed by atoms with van der Waals surface area (Å²) in [6, 6.07) is 14.8. The van der Waals surface area contributed by atoms with Crippen molar-refractivity contribution in [2.45, 2.75) is 6.92 Å². The lowest BCUT2D eigenvalue weighted by Crippen LogP contribution is -2.25. The number of hydrogen-bond donors (Lipinski definition) is 0. The van der Waals surface area contributed by atoms with Gasteiger partial charge in [0.15, 0.2) is 0 Å². The van der Waals surface area contributed by atoms with Crippen LogP contribution in [0.15, 0.2) is 48.5 Å². The molecule has 0 unspecified atom stereocenters. The molecule has 0 radical (unpaired) electrons. The van der Waals surface area contributed by atoms with Crippen molar-refractivity contribution in [1.29, 1.82) is 0 Å². The van der Waals surface area contributed by atoms with E-state index in [2.05, 4.69) is 4.74 Å². The maximum absolute atomic E-state index is 12.6. The van der Waals surface area contributed by atoms with Crippen LogP contribution in [0.25, 0.3) is 11.6 Å². The van der Waals surface area contributed by atoms with Gasteiger partial charge in [0.1, 0.15) is 0 Å². The maximum atomic E-state index is 12.6. The molecule has 1 aliphatic heterocycles. The minimum absolute atomic E-state index is 0.00532. The topological polar surface area (TPSA) is 46.6 Å². The zero-order valence-electron chi connectivity index (χ0n) is 13.1. The molecule has 0 fully saturated rings. The first-order chi connectivity index (χ1) is 11.2. The lowest BCUT2D eigenvalue weighted by Gasteiger charge is -2.13. The largest absolute Gasteiger partial charge is 0.465 e. The summed E-state index contributed by atoms with van der Waals surface area (Å²) in [6.45, 7) is 2.59. The molecule has 0 aliphatic carbocycles. The number of fused-ring (bicyclic) bond motifs is 1. The van der Waals surface area contributed by atoms with Crippen molar-refractivity contribution in [1.82, 2.24) is 0 Å². The van der Waals surface area contributed by atoms with Crippen molar-refractivity contribution < 1.29 is 14.3 Å². The summed E-state index contributed by atoms with van der Waals surface area (Å²) in [5.74, 6) is -0.366. The average Bonchev–Trinajstić information content (AvgIpc) is 2.86. The minimum atomic E-state index is -0.372. The molecule has 0 atom stereocenters. The Kier molecular flexibility index (Phi) is 3.98. The highest BCUT2D eigenvalue weighted by atomic mass is 16.5. The van der Waals surface area contributed by atoms with Crippen LogP contribution in [0.4, 0.5) is 5.69 Å². The molecule has 0 spiro atoms. The molecule has 4 nitrogen and oxygen atoms in total. The van der Waals surface area contributed by atoms with Gasteiger partial charge in [-0.2, -0.15) is 0 Å². The fourth-order valence-corrected chi connectivity index (χ4v) is 2.76. The van der Waals surface area contributed by atoms with E-state index in [1.807, 2.05) is 49.4 Å². The second-order valence-corrected chi connectivity index (χ2v) is 5.24. The summed E-state index contributed by atoms with van der Waals surface area (Å²) in [6.07, 6.45) is 1.86. The predicted octanol–water partition coefficient (Wildman–Crippen LogP) is 3.38. The van der Waals surface area contributed by atoms with Crippen molar-refractivity contribution in [3.8, 4) is 0 Å². The molecule has 3 rings (SSSR count). The highest BCUT2D eigenvalue weighted by Crippen LogP contribution is 2.37. The van der Waals surface area contributed by atoms with Gasteiger partial charge in [0.05, 0.1) is 18.4 Å². The Hall–Kier alpha value is -2.88. The van der Waals surface area contributed by atoms with E-state index in [9.17, 15) is 9.59 Å². The molecule has 0 bridgehead atoms. The smallest absolute Gasteiger partial charge is 0.337 e. The number of ether oxygens (including phenoxy) is 1. The number of carbonyl (C=O) groups is 2. The van der Waals surface area contributed by atoms with Gasteiger partial charge in [0, 0.05) is 17.7 Å². The monoisotopic (exact) mass is 307 g/mol. The van der Waals surface area contributed by atoms with Gasteiger partial charge in [-0.15, -0.1) is 0 Å². The molecular formula is C19H17NO3. The zero-order chi connectivity index (χ0) is 16.4. The molecule has 4 heteroatoms. The molecule has 0 saturated carbocycles. The number of nitrogens with zero attached hydrogens (tertiary/aromatic N) is 1. The summed E-state index contributed by atoms with van der Waals surface area (Å²) >= 11 is 0. The van der Waals surface area contributed by atoms with Crippen LogP contribution in [0, 0.1) is 0 Å². The Labute approximate surface area is 135 Å². The Morgan fingerprint density at radius 2 is 1.83 bits per heavy atom. The van der Waals surface area contributed by atoms with E-state index in [0.717, 1.165) is 16.8 Å². The van der Waals surface area contributed by atoms with Gasteiger partial charge in [0.25, 0.3) is 5.91 Å². The molecular weight excluding hydrogens is 290 g/mol. The number of methoxy groups -OCH3 is 1. The lowest BCUT2D eigenvalue weighted by molar-refractivity contribution is -0.112. The number of likely N-dealkylation sites (N-methyl/N-ethyl adjacent to an activating group) is 1. The molecule has 0 aromatic heterocycles. The van der Waals surface area contributed by atoms with E-state index >= 15 is 0 Å². The Morgan fingerprint density at radius 3 is 2.48 bits per heavy atom. The van der Waals surface area contributed by atoms with Crippen molar-refractivity contribution in [2.75, 3.05) is 18.6 Å². The summed E-state index contributed by atoms with van der Waals surface area (Å²) in [5.41, 5.74) is 3.92. The molecule has 1 amide bonds. The first-order valence-electron chi connectivity index (χ1n) is 7.47. The fraction of sp³-hybridized carbons (Fsp3) is 0.158. The van der Waals surface area contributed by atoms with E-state index in [1.165, 1.54) is 7.11 Å². The van der Waals surface area contributed by atoms with Crippen LogP contribution >= 0.6 is 0 Å². The number of para-hydroxylation sites is 1. The summed E-state index contributed by atoms with van der Waals surface area (Å²) in [5, 5.41) is 0. The van der Waals surface area contributed by atoms with Crippen LogP contribution in [-0.4, -0.2) is 25.5 Å². The predicted molar refractivity (Wildman–Crippen MR) is 90.1 cm³/mol. The SMILES string of the molecule is CCN1C(=O)/C(=C\c2ccc(C(=O)OC)cc2)c2ccccc21.